The molecule has 0 saturated heterocycles. The van der Waals surface area contributed by atoms with Gasteiger partial charge in [-0.2, -0.15) is 0 Å². The molecule has 0 unspecified atom stereocenters. The number of furan rings is 1. The van der Waals surface area contributed by atoms with Crippen molar-refractivity contribution in [1.82, 2.24) is 5.32 Å². The van der Waals surface area contributed by atoms with Crippen LogP contribution in [0.5, 0.6) is 11.5 Å². The van der Waals surface area contributed by atoms with Gasteiger partial charge in [0.05, 0.1) is 12.1 Å². The maximum Gasteiger partial charge on any atom is 0.433 e. The Hall–Kier alpha value is -3.56. The highest BCUT2D eigenvalue weighted by molar-refractivity contribution is 5.89. The summed E-state index contributed by atoms with van der Waals surface area (Å²) in [6.07, 6.45) is 0. The molecule has 0 fully saturated rings. The molecule has 10 heteroatoms. The van der Waals surface area contributed by atoms with Crippen molar-refractivity contribution in [2.45, 2.75) is 19.9 Å². The monoisotopic (exact) mass is 404 g/mol. The number of hydrogen-bond acceptors (Lipinski definition) is 8. The minimum Gasteiger partial charge on any atom is -0.486 e. The summed E-state index contributed by atoms with van der Waals surface area (Å²) in [7, 11) is 0. The Morgan fingerprint density at radius 3 is 2.55 bits per heavy atom. The topological polar surface area (TPSA) is 130 Å². The number of fused-ring (bicyclic) bond motifs is 1. The largest absolute Gasteiger partial charge is 0.486 e. The smallest absolute Gasteiger partial charge is 0.433 e. The van der Waals surface area contributed by atoms with Crippen molar-refractivity contribution in [3.63, 3.8) is 0 Å². The first-order valence-corrected chi connectivity index (χ1v) is 8.95. The van der Waals surface area contributed by atoms with E-state index >= 15 is 0 Å². The van der Waals surface area contributed by atoms with E-state index < -0.39 is 29.3 Å². The molecule has 1 aromatic carbocycles. The molecule has 0 bridgehead atoms. The number of ether oxygens (including phenoxy) is 3. The summed E-state index contributed by atoms with van der Waals surface area (Å²) in [6, 6.07) is 7.24. The fourth-order valence-corrected chi connectivity index (χ4v) is 2.84. The highest BCUT2D eigenvalue weighted by Gasteiger charge is 2.23. The van der Waals surface area contributed by atoms with Crippen molar-refractivity contribution >= 4 is 17.8 Å². The third kappa shape index (κ3) is 4.84. The first-order chi connectivity index (χ1) is 13.8. The minimum atomic E-state index is -0.964. The van der Waals surface area contributed by atoms with E-state index in [9.17, 15) is 19.7 Å². The Labute approximate surface area is 165 Å². The lowest BCUT2D eigenvalue weighted by Gasteiger charge is -2.25. The van der Waals surface area contributed by atoms with Crippen molar-refractivity contribution in [3.8, 4) is 11.5 Å². The molecule has 0 aliphatic carbocycles. The number of benzene rings is 1. The number of amides is 1. The highest BCUT2D eigenvalue weighted by Crippen LogP contribution is 2.34. The van der Waals surface area contributed by atoms with Crippen LogP contribution in [-0.2, 0) is 9.53 Å². The number of nitrogens with one attached hydrogen (secondary N) is 1. The second-order valence-corrected chi connectivity index (χ2v) is 6.66. The predicted octanol–water partition coefficient (Wildman–Crippen LogP) is 2.63. The van der Waals surface area contributed by atoms with Gasteiger partial charge in [-0.25, -0.2) is 4.79 Å². The summed E-state index contributed by atoms with van der Waals surface area (Å²) < 4.78 is 20.7. The quantitative estimate of drug-likeness (QED) is 0.423. The third-order valence-electron chi connectivity index (χ3n) is 4.22. The van der Waals surface area contributed by atoms with Crippen molar-refractivity contribution in [2.75, 3.05) is 19.8 Å². The summed E-state index contributed by atoms with van der Waals surface area (Å²) in [4.78, 5) is 34.0. The minimum absolute atomic E-state index is 0.0462. The van der Waals surface area contributed by atoms with Gasteiger partial charge in [0.15, 0.2) is 18.1 Å². The molecular weight excluding hydrogens is 384 g/mol. The lowest BCUT2D eigenvalue weighted by Crippen LogP contribution is -2.35. The van der Waals surface area contributed by atoms with Crippen LogP contribution in [0, 0.1) is 16.0 Å². The first kappa shape index (κ1) is 20.2. The van der Waals surface area contributed by atoms with Crippen LogP contribution in [0.1, 0.15) is 36.0 Å². The molecule has 154 valence electrons. The lowest BCUT2D eigenvalue weighted by molar-refractivity contribution is -0.402. The molecule has 1 aromatic heterocycles. The number of nitro groups is 1. The van der Waals surface area contributed by atoms with Crippen LogP contribution < -0.4 is 14.8 Å². The predicted molar refractivity (Wildman–Crippen MR) is 98.8 cm³/mol. The standard InChI is InChI=1S/C19H20N2O8/c1-11(2)18(12-3-4-13-15(9-12)27-8-7-26-13)20-16(22)10-28-19(23)14-5-6-17(29-14)21(24)25/h3-6,9,11,18H,7-8,10H2,1-2H3,(H,20,22)/t18-/m0/s1. The summed E-state index contributed by atoms with van der Waals surface area (Å²) >= 11 is 0. The van der Waals surface area contributed by atoms with E-state index in [1.807, 2.05) is 26.0 Å². The molecule has 1 aliphatic rings. The van der Waals surface area contributed by atoms with Crippen molar-refractivity contribution < 1.29 is 33.1 Å². The van der Waals surface area contributed by atoms with Gasteiger partial charge in [-0.05, 0) is 29.7 Å². The summed E-state index contributed by atoms with van der Waals surface area (Å²) in [6.45, 7) is 4.27. The zero-order valence-corrected chi connectivity index (χ0v) is 15.9. The van der Waals surface area contributed by atoms with Gasteiger partial charge in [0.1, 0.15) is 18.1 Å². The molecule has 0 radical (unpaired) electrons. The van der Waals surface area contributed by atoms with Crippen LogP contribution >= 0.6 is 0 Å². The van der Waals surface area contributed by atoms with Gasteiger partial charge in [-0.1, -0.05) is 19.9 Å². The van der Waals surface area contributed by atoms with Gasteiger partial charge in [-0.15, -0.1) is 0 Å². The second-order valence-electron chi connectivity index (χ2n) is 6.66. The molecule has 2 aromatic rings. The number of hydrogen-bond donors (Lipinski definition) is 1. The van der Waals surface area contributed by atoms with E-state index in [1.165, 1.54) is 0 Å². The van der Waals surface area contributed by atoms with Crippen LogP contribution in [0.2, 0.25) is 0 Å². The van der Waals surface area contributed by atoms with E-state index in [4.69, 9.17) is 18.6 Å². The van der Waals surface area contributed by atoms with Gasteiger partial charge < -0.3 is 23.9 Å². The molecule has 1 aliphatic heterocycles. The summed E-state index contributed by atoms with van der Waals surface area (Å²) in [5.74, 6) is -1.11. The molecule has 0 spiro atoms. The van der Waals surface area contributed by atoms with Gasteiger partial charge in [0.25, 0.3) is 5.91 Å². The van der Waals surface area contributed by atoms with E-state index in [-0.39, 0.29) is 17.7 Å². The Kier molecular flexibility index (Phi) is 6.01. The van der Waals surface area contributed by atoms with Crippen molar-refractivity contribution in [1.29, 1.82) is 0 Å². The average molecular weight is 404 g/mol. The SMILES string of the molecule is CC(C)[C@H](NC(=O)COC(=O)c1ccc([N+](=O)[O-])o1)c1ccc2c(c1)OCCO2. The molecule has 0 saturated carbocycles. The molecule has 3 rings (SSSR count). The molecule has 29 heavy (non-hydrogen) atoms. The zero-order chi connectivity index (χ0) is 21.0. The molecule has 1 amide bonds. The van der Waals surface area contributed by atoms with E-state index in [2.05, 4.69) is 5.32 Å². The Bertz CT molecular complexity index is 921. The van der Waals surface area contributed by atoms with Gasteiger partial charge in [0.2, 0.25) is 5.76 Å². The Morgan fingerprint density at radius 1 is 1.17 bits per heavy atom. The normalized spacial score (nSPS) is 13.6. The van der Waals surface area contributed by atoms with Crippen LogP contribution in [0.3, 0.4) is 0 Å². The third-order valence-corrected chi connectivity index (χ3v) is 4.22. The Balaban J connectivity index is 1.61. The van der Waals surface area contributed by atoms with Gasteiger partial charge in [-0.3, -0.25) is 14.9 Å². The highest BCUT2D eigenvalue weighted by atomic mass is 16.7. The fraction of sp³-hybridized carbons (Fsp3) is 0.368. The first-order valence-electron chi connectivity index (χ1n) is 8.95. The summed E-state index contributed by atoms with van der Waals surface area (Å²) in [5, 5.41) is 13.4. The number of rotatable bonds is 7. The van der Waals surface area contributed by atoms with Crippen molar-refractivity contribution in [2.24, 2.45) is 5.92 Å². The van der Waals surface area contributed by atoms with Crippen LogP contribution in [0.4, 0.5) is 5.88 Å². The molecule has 1 N–H and O–H groups in total. The fourth-order valence-electron chi connectivity index (χ4n) is 2.84. The molecule has 1 atom stereocenters. The van der Waals surface area contributed by atoms with E-state index in [0.29, 0.717) is 24.7 Å². The molecular formula is C19H20N2O8. The molecule has 2 heterocycles. The molecule has 10 nitrogen and oxygen atoms in total. The van der Waals surface area contributed by atoms with E-state index in [0.717, 1.165) is 17.7 Å². The Morgan fingerprint density at radius 2 is 1.90 bits per heavy atom. The maximum atomic E-state index is 12.3. The van der Waals surface area contributed by atoms with Gasteiger partial charge >= 0.3 is 11.9 Å². The number of carbonyl (C=O) groups excluding carboxylic acids is 2. The van der Waals surface area contributed by atoms with Crippen LogP contribution in [0.15, 0.2) is 34.7 Å². The lowest BCUT2D eigenvalue weighted by atomic mass is 9.95. The van der Waals surface area contributed by atoms with Gasteiger partial charge in [0, 0.05) is 0 Å². The van der Waals surface area contributed by atoms with Crippen molar-refractivity contribution in [3.05, 3.63) is 51.8 Å². The second kappa shape index (κ2) is 8.63. The average Bonchev–Trinajstić information content (AvgIpc) is 3.20. The summed E-state index contributed by atoms with van der Waals surface area (Å²) in [5.41, 5.74) is 0.825. The zero-order valence-electron chi connectivity index (χ0n) is 15.9. The number of carbonyl (C=O) groups is 2. The number of esters is 1. The van der Waals surface area contributed by atoms with Crippen LogP contribution in [-0.4, -0.2) is 36.6 Å². The number of nitrogens with zero attached hydrogens (tertiary/aromatic N) is 1. The van der Waals surface area contributed by atoms with Crippen LogP contribution in [0.25, 0.3) is 0 Å². The maximum absolute atomic E-state index is 12.3. The van der Waals surface area contributed by atoms with E-state index in [1.54, 1.807) is 6.07 Å².